The van der Waals surface area contributed by atoms with Crippen molar-refractivity contribution in [2.75, 3.05) is 10.8 Å². The summed E-state index contributed by atoms with van der Waals surface area (Å²) in [7, 11) is -4.10. The average molecular weight is 494 g/mol. The SMILES string of the molecule is Cc1ccc(S(=O)(=O)N(CC(=O)N/N=C\c2ccc(Cl)c(Cl)c2)c2ccc(F)cc2)cc1. The number of nitrogens with zero attached hydrogens (tertiary/aromatic N) is 2. The Morgan fingerprint density at radius 3 is 2.31 bits per heavy atom. The minimum atomic E-state index is -4.10. The van der Waals surface area contributed by atoms with Crippen molar-refractivity contribution in [1.82, 2.24) is 5.43 Å². The molecule has 0 aliphatic rings. The number of amides is 1. The Morgan fingerprint density at radius 2 is 1.69 bits per heavy atom. The van der Waals surface area contributed by atoms with E-state index in [0.29, 0.717) is 15.6 Å². The van der Waals surface area contributed by atoms with Crippen LogP contribution < -0.4 is 9.73 Å². The maximum absolute atomic E-state index is 13.4. The summed E-state index contributed by atoms with van der Waals surface area (Å²) in [5.41, 5.74) is 3.89. The molecule has 0 fully saturated rings. The molecule has 0 spiro atoms. The van der Waals surface area contributed by atoms with Gasteiger partial charge in [-0.15, -0.1) is 0 Å². The largest absolute Gasteiger partial charge is 0.271 e. The summed E-state index contributed by atoms with van der Waals surface area (Å²) in [6.45, 7) is 1.26. The second kappa shape index (κ2) is 10.1. The molecule has 3 rings (SSSR count). The predicted octanol–water partition coefficient (Wildman–Crippen LogP) is 4.79. The van der Waals surface area contributed by atoms with Crippen molar-refractivity contribution in [3.63, 3.8) is 0 Å². The number of benzene rings is 3. The van der Waals surface area contributed by atoms with Crippen LogP contribution in [0.25, 0.3) is 0 Å². The standard InChI is InChI=1S/C22H18Cl2FN3O3S/c1-15-2-9-19(10-3-15)32(30,31)28(18-7-5-17(25)6-8-18)14-22(29)27-26-13-16-4-11-20(23)21(24)12-16/h2-13H,14H2,1H3,(H,27,29)/b26-13-. The highest BCUT2D eigenvalue weighted by Gasteiger charge is 2.27. The molecule has 0 aliphatic carbocycles. The number of nitrogens with one attached hydrogen (secondary N) is 1. The maximum Gasteiger partial charge on any atom is 0.264 e. The molecule has 0 unspecified atom stereocenters. The molecule has 0 heterocycles. The average Bonchev–Trinajstić information content (AvgIpc) is 2.75. The summed E-state index contributed by atoms with van der Waals surface area (Å²) in [6.07, 6.45) is 1.34. The molecule has 0 bridgehead atoms. The van der Waals surface area contributed by atoms with Crippen molar-refractivity contribution in [1.29, 1.82) is 0 Å². The number of carbonyl (C=O) groups excluding carboxylic acids is 1. The lowest BCUT2D eigenvalue weighted by molar-refractivity contribution is -0.119. The highest BCUT2D eigenvalue weighted by atomic mass is 35.5. The molecule has 0 aliphatic heterocycles. The van der Waals surface area contributed by atoms with E-state index in [4.69, 9.17) is 23.2 Å². The van der Waals surface area contributed by atoms with E-state index < -0.39 is 28.3 Å². The third-order valence-electron chi connectivity index (χ3n) is 4.36. The van der Waals surface area contributed by atoms with E-state index in [0.717, 1.165) is 22.0 Å². The highest BCUT2D eigenvalue weighted by Crippen LogP contribution is 2.24. The molecular weight excluding hydrogens is 476 g/mol. The molecule has 10 heteroatoms. The Kier molecular flexibility index (Phi) is 7.50. The lowest BCUT2D eigenvalue weighted by Crippen LogP contribution is -2.39. The van der Waals surface area contributed by atoms with Crippen molar-refractivity contribution in [3.05, 3.63) is 93.7 Å². The van der Waals surface area contributed by atoms with Gasteiger partial charge in [-0.25, -0.2) is 18.2 Å². The van der Waals surface area contributed by atoms with Gasteiger partial charge in [0, 0.05) is 0 Å². The van der Waals surface area contributed by atoms with E-state index in [1.54, 1.807) is 30.3 Å². The van der Waals surface area contributed by atoms with E-state index in [9.17, 15) is 17.6 Å². The number of hydrogen-bond acceptors (Lipinski definition) is 4. The second-order valence-electron chi connectivity index (χ2n) is 6.77. The van der Waals surface area contributed by atoms with Crippen LogP contribution in [0.2, 0.25) is 10.0 Å². The minimum Gasteiger partial charge on any atom is -0.271 e. The monoisotopic (exact) mass is 493 g/mol. The molecule has 1 amide bonds. The zero-order chi connectivity index (χ0) is 23.3. The van der Waals surface area contributed by atoms with Crippen LogP contribution in [0.3, 0.4) is 0 Å². The Balaban J connectivity index is 1.82. The Hall–Kier alpha value is -2.94. The number of carbonyl (C=O) groups is 1. The van der Waals surface area contributed by atoms with Crippen molar-refractivity contribution >= 4 is 51.0 Å². The predicted molar refractivity (Wildman–Crippen MR) is 124 cm³/mol. The highest BCUT2D eigenvalue weighted by molar-refractivity contribution is 7.92. The fraction of sp³-hybridized carbons (Fsp3) is 0.0909. The Labute approximate surface area is 195 Å². The van der Waals surface area contributed by atoms with Gasteiger partial charge in [0.2, 0.25) is 0 Å². The summed E-state index contributed by atoms with van der Waals surface area (Å²) < 4.78 is 40.7. The lowest BCUT2D eigenvalue weighted by Gasteiger charge is -2.23. The lowest BCUT2D eigenvalue weighted by atomic mass is 10.2. The van der Waals surface area contributed by atoms with Crippen LogP contribution in [0.1, 0.15) is 11.1 Å². The molecule has 166 valence electrons. The molecule has 0 aromatic heterocycles. The van der Waals surface area contributed by atoms with Crippen LogP contribution in [0.15, 0.2) is 76.7 Å². The second-order valence-corrected chi connectivity index (χ2v) is 9.44. The molecule has 1 N–H and O–H groups in total. The van der Waals surface area contributed by atoms with Gasteiger partial charge < -0.3 is 0 Å². The number of anilines is 1. The third kappa shape index (κ3) is 5.85. The van der Waals surface area contributed by atoms with Gasteiger partial charge in [-0.05, 0) is 61.0 Å². The fourth-order valence-corrected chi connectivity index (χ4v) is 4.42. The molecule has 0 radical (unpaired) electrons. The summed E-state index contributed by atoms with van der Waals surface area (Å²) in [5.74, 6) is -1.22. The van der Waals surface area contributed by atoms with E-state index in [1.807, 2.05) is 6.92 Å². The van der Waals surface area contributed by atoms with Crippen molar-refractivity contribution in [2.45, 2.75) is 11.8 Å². The molecule has 3 aromatic rings. The first-order chi connectivity index (χ1) is 15.2. The normalized spacial score (nSPS) is 11.5. The van der Waals surface area contributed by atoms with Gasteiger partial charge in [0.15, 0.2) is 0 Å². The summed E-state index contributed by atoms with van der Waals surface area (Å²) >= 11 is 11.8. The van der Waals surface area contributed by atoms with Crippen molar-refractivity contribution < 1.29 is 17.6 Å². The number of hydrogen-bond donors (Lipinski definition) is 1. The quantitative estimate of drug-likeness (QED) is 0.379. The maximum atomic E-state index is 13.4. The van der Waals surface area contributed by atoms with Gasteiger partial charge in [0.05, 0.1) is 26.8 Å². The number of aryl methyl sites for hydroxylation is 1. The van der Waals surface area contributed by atoms with Crippen LogP contribution in [0, 0.1) is 12.7 Å². The van der Waals surface area contributed by atoms with Crippen LogP contribution >= 0.6 is 23.2 Å². The first kappa shape index (κ1) is 23.7. The molecular formula is C22H18Cl2FN3O3S. The van der Waals surface area contributed by atoms with Crippen molar-refractivity contribution in [3.8, 4) is 0 Å². The van der Waals surface area contributed by atoms with Crippen molar-refractivity contribution in [2.24, 2.45) is 5.10 Å². The van der Waals surface area contributed by atoms with E-state index in [-0.39, 0.29) is 10.6 Å². The van der Waals surface area contributed by atoms with Crippen LogP contribution in [0.4, 0.5) is 10.1 Å². The third-order valence-corrected chi connectivity index (χ3v) is 6.88. The molecule has 32 heavy (non-hydrogen) atoms. The fourth-order valence-electron chi connectivity index (χ4n) is 2.70. The van der Waals surface area contributed by atoms with Gasteiger partial charge in [0.1, 0.15) is 12.4 Å². The van der Waals surface area contributed by atoms with Gasteiger partial charge >= 0.3 is 0 Å². The van der Waals surface area contributed by atoms with Crippen LogP contribution in [0.5, 0.6) is 0 Å². The molecule has 0 saturated carbocycles. The first-order valence-corrected chi connectivity index (χ1v) is 11.5. The van der Waals surface area contributed by atoms with E-state index >= 15 is 0 Å². The number of halogens is 3. The van der Waals surface area contributed by atoms with Crippen LogP contribution in [-0.4, -0.2) is 27.1 Å². The van der Waals surface area contributed by atoms with Gasteiger partial charge in [-0.3, -0.25) is 9.10 Å². The summed E-state index contributed by atoms with van der Waals surface area (Å²) in [4.78, 5) is 12.5. The van der Waals surface area contributed by atoms with E-state index in [2.05, 4.69) is 10.5 Å². The molecule has 6 nitrogen and oxygen atoms in total. The Bertz CT molecular complexity index is 1250. The smallest absolute Gasteiger partial charge is 0.264 e. The minimum absolute atomic E-state index is 0.000433. The van der Waals surface area contributed by atoms with Crippen LogP contribution in [-0.2, 0) is 14.8 Å². The number of hydrazone groups is 1. The van der Waals surface area contributed by atoms with Gasteiger partial charge in [0.25, 0.3) is 15.9 Å². The summed E-state index contributed by atoms with van der Waals surface area (Å²) in [5, 5.41) is 4.54. The number of rotatable bonds is 7. The zero-order valence-electron chi connectivity index (χ0n) is 16.8. The van der Waals surface area contributed by atoms with Gasteiger partial charge in [-0.1, -0.05) is 47.0 Å². The van der Waals surface area contributed by atoms with Gasteiger partial charge in [-0.2, -0.15) is 5.10 Å². The molecule has 0 atom stereocenters. The first-order valence-electron chi connectivity index (χ1n) is 9.29. The topological polar surface area (TPSA) is 78.8 Å². The Morgan fingerprint density at radius 1 is 1.03 bits per heavy atom. The molecule has 3 aromatic carbocycles. The zero-order valence-corrected chi connectivity index (χ0v) is 19.1. The number of sulfonamides is 1. The van der Waals surface area contributed by atoms with E-state index in [1.165, 1.54) is 30.5 Å². The summed E-state index contributed by atoms with van der Waals surface area (Å²) in [6, 6.07) is 15.8. The molecule has 0 saturated heterocycles.